The third kappa shape index (κ3) is 3.30. The minimum Gasteiger partial charge on any atom is -0.465 e. The fourth-order valence-electron chi connectivity index (χ4n) is 1.11. The second kappa shape index (κ2) is 6.22. The zero-order valence-electron chi connectivity index (χ0n) is 9.73. The number of nitrogens with zero attached hydrogens (tertiary/aromatic N) is 2. The maximum atomic E-state index is 11.4. The molecular formula is C10H16N2O4. The first kappa shape index (κ1) is 12.6. The summed E-state index contributed by atoms with van der Waals surface area (Å²) in [4.78, 5) is 15.5. The van der Waals surface area contributed by atoms with Gasteiger partial charge in [-0.1, -0.05) is 5.16 Å². The van der Waals surface area contributed by atoms with Crippen LogP contribution in [-0.4, -0.2) is 36.4 Å². The van der Waals surface area contributed by atoms with Crippen molar-refractivity contribution in [2.45, 2.75) is 26.2 Å². The van der Waals surface area contributed by atoms with Gasteiger partial charge in [0.2, 0.25) is 5.89 Å². The van der Waals surface area contributed by atoms with Gasteiger partial charge in [-0.3, -0.25) is 4.79 Å². The molecule has 0 N–H and O–H groups in total. The lowest BCUT2D eigenvalue weighted by Gasteiger charge is -2.04. The van der Waals surface area contributed by atoms with Crippen molar-refractivity contribution in [2.75, 3.05) is 20.3 Å². The largest absolute Gasteiger partial charge is 0.465 e. The number of carbonyl (C=O) groups is 1. The van der Waals surface area contributed by atoms with E-state index in [2.05, 4.69) is 10.1 Å². The topological polar surface area (TPSA) is 74.5 Å². The Morgan fingerprint density at radius 3 is 2.94 bits per heavy atom. The maximum Gasteiger partial charge on any atom is 0.316 e. The molecule has 0 saturated carbocycles. The maximum absolute atomic E-state index is 11.4. The van der Waals surface area contributed by atoms with E-state index in [1.807, 2.05) is 0 Å². The molecule has 0 aliphatic heterocycles. The van der Waals surface area contributed by atoms with Gasteiger partial charge in [-0.2, -0.15) is 4.98 Å². The van der Waals surface area contributed by atoms with Gasteiger partial charge in [0.15, 0.2) is 5.82 Å². The minimum atomic E-state index is -0.500. The van der Waals surface area contributed by atoms with Crippen LogP contribution in [0.4, 0.5) is 0 Å². The Hall–Kier alpha value is -1.43. The summed E-state index contributed by atoms with van der Waals surface area (Å²) in [5, 5.41) is 3.73. The summed E-state index contributed by atoms with van der Waals surface area (Å²) >= 11 is 0. The number of carbonyl (C=O) groups excluding carboxylic acids is 1. The molecule has 1 aromatic heterocycles. The van der Waals surface area contributed by atoms with Crippen molar-refractivity contribution in [1.29, 1.82) is 0 Å². The quantitative estimate of drug-likeness (QED) is 0.674. The monoisotopic (exact) mass is 228 g/mol. The van der Waals surface area contributed by atoms with E-state index in [-0.39, 0.29) is 5.97 Å². The van der Waals surface area contributed by atoms with Crippen molar-refractivity contribution in [3.05, 3.63) is 11.7 Å². The van der Waals surface area contributed by atoms with E-state index in [0.29, 0.717) is 31.3 Å². The highest BCUT2D eigenvalue weighted by molar-refractivity contribution is 5.76. The van der Waals surface area contributed by atoms with Crippen LogP contribution in [0.2, 0.25) is 0 Å². The van der Waals surface area contributed by atoms with Gasteiger partial charge in [-0.15, -0.1) is 0 Å². The van der Waals surface area contributed by atoms with Gasteiger partial charge >= 0.3 is 5.97 Å². The zero-order valence-corrected chi connectivity index (χ0v) is 9.73. The van der Waals surface area contributed by atoms with E-state index in [9.17, 15) is 4.79 Å². The summed E-state index contributed by atoms with van der Waals surface area (Å²) in [6.45, 7) is 4.29. The van der Waals surface area contributed by atoms with Crippen LogP contribution in [0.1, 0.15) is 31.5 Å². The van der Waals surface area contributed by atoms with Crippen LogP contribution >= 0.6 is 0 Å². The number of rotatable bonds is 6. The normalized spacial score (nSPS) is 12.4. The Morgan fingerprint density at radius 2 is 2.31 bits per heavy atom. The smallest absolute Gasteiger partial charge is 0.316 e. The molecule has 1 atom stereocenters. The summed E-state index contributed by atoms with van der Waals surface area (Å²) < 4.78 is 14.7. The minimum absolute atomic E-state index is 0.345. The highest BCUT2D eigenvalue weighted by atomic mass is 16.5. The molecule has 1 aromatic rings. The van der Waals surface area contributed by atoms with Gasteiger partial charge in [0.05, 0.1) is 19.6 Å². The third-order valence-corrected chi connectivity index (χ3v) is 2.03. The molecule has 0 fully saturated rings. The van der Waals surface area contributed by atoms with Crippen molar-refractivity contribution in [3.8, 4) is 0 Å². The number of hydrogen-bond acceptors (Lipinski definition) is 6. The van der Waals surface area contributed by atoms with Crippen LogP contribution < -0.4 is 0 Å². The Balaban J connectivity index is 2.59. The summed E-state index contributed by atoms with van der Waals surface area (Å²) in [7, 11) is 1.60. The lowest BCUT2D eigenvalue weighted by atomic mass is 10.2. The van der Waals surface area contributed by atoms with E-state index >= 15 is 0 Å². The molecule has 0 bridgehead atoms. The number of ether oxygens (including phenoxy) is 2. The lowest BCUT2D eigenvalue weighted by Crippen LogP contribution is -2.14. The summed E-state index contributed by atoms with van der Waals surface area (Å²) in [6.07, 6.45) is 0.541. The van der Waals surface area contributed by atoms with E-state index in [1.165, 1.54) is 0 Å². The molecule has 6 nitrogen and oxygen atoms in total. The van der Waals surface area contributed by atoms with Gasteiger partial charge < -0.3 is 14.0 Å². The van der Waals surface area contributed by atoms with E-state index < -0.39 is 5.92 Å². The first-order chi connectivity index (χ1) is 7.69. The van der Waals surface area contributed by atoms with Gasteiger partial charge in [-0.05, 0) is 13.8 Å². The van der Waals surface area contributed by atoms with Gasteiger partial charge in [0.25, 0.3) is 0 Å². The Bertz CT molecular complexity index is 337. The average Bonchev–Trinajstić information content (AvgIpc) is 2.74. The molecule has 1 rings (SSSR count). The van der Waals surface area contributed by atoms with Crippen LogP contribution in [0.25, 0.3) is 0 Å². The van der Waals surface area contributed by atoms with Crippen molar-refractivity contribution in [1.82, 2.24) is 10.1 Å². The van der Waals surface area contributed by atoms with Crippen molar-refractivity contribution >= 4 is 5.97 Å². The van der Waals surface area contributed by atoms with Crippen molar-refractivity contribution in [3.63, 3.8) is 0 Å². The van der Waals surface area contributed by atoms with E-state index in [1.54, 1.807) is 21.0 Å². The third-order valence-electron chi connectivity index (χ3n) is 2.03. The molecule has 0 saturated heterocycles. The number of esters is 1. The van der Waals surface area contributed by atoms with Crippen LogP contribution in [0.5, 0.6) is 0 Å². The Labute approximate surface area is 93.9 Å². The summed E-state index contributed by atoms with van der Waals surface area (Å²) in [5.74, 6) is -0.0286. The second-order valence-electron chi connectivity index (χ2n) is 3.26. The van der Waals surface area contributed by atoms with Crippen molar-refractivity contribution in [2.24, 2.45) is 0 Å². The van der Waals surface area contributed by atoms with Gasteiger partial charge in [0, 0.05) is 7.11 Å². The highest BCUT2D eigenvalue weighted by Gasteiger charge is 2.22. The molecule has 0 aliphatic rings. The Morgan fingerprint density at radius 1 is 1.56 bits per heavy atom. The van der Waals surface area contributed by atoms with E-state index in [4.69, 9.17) is 14.0 Å². The van der Waals surface area contributed by atoms with E-state index in [0.717, 1.165) is 0 Å². The first-order valence-corrected chi connectivity index (χ1v) is 5.17. The number of aromatic nitrogens is 2. The SMILES string of the molecule is CCOC(=O)C(C)c1noc(CCOC)n1. The van der Waals surface area contributed by atoms with Crippen LogP contribution in [0, 0.1) is 0 Å². The fraction of sp³-hybridized carbons (Fsp3) is 0.700. The summed E-state index contributed by atoms with van der Waals surface area (Å²) in [5.41, 5.74) is 0. The zero-order chi connectivity index (χ0) is 12.0. The number of methoxy groups -OCH3 is 1. The molecular weight excluding hydrogens is 212 g/mol. The molecule has 1 unspecified atom stereocenters. The molecule has 0 radical (unpaired) electrons. The standard InChI is InChI=1S/C10H16N2O4/c1-4-15-10(13)7(2)9-11-8(16-12-9)5-6-14-3/h7H,4-6H2,1-3H3. The van der Waals surface area contributed by atoms with Gasteiger partial charge in [-0.25, -0.2) is 0 Å². The van der Waals surface area contributed by atoms with Gasteiger partial charge in [0.1, 0.15) is 5.92 Å². The van der Waals surface area contributed by atoms with Crippen LogP contribution in [0.15, 0.2) is 4.52 Å². The molecule has 90 valence electrons. The Kier molecular flexibility index (Phi) is 4.91. The average molecular weight is 228 g/mol. The molecule has 0 aliphatic carbocycles. The molecule has 6 heteroatoms. The first-order valence-electron chi connectivity index (χ1n) is 5.17. The molecule has 0 amide bonds. The lowest BCUT2D eigenvalue weighted by molar-refractivity contribution is -0.144. The summed E-state index contributed by atoms with van der Waals surface area (Å²) in [6, 6.07) is 0. The molecule has 16 heavy (non-hydrogen) atoms. The number of hydrogen-bond donors (Lipinski definition) is 0. The van der Waals surface area contributed by atoms with Crippen molar-refractivity contribution < 1.29 is 18.8 Å². The second-order valence-corrected chi connectivity index (χ2v) is 3.26. The molecule has 0 spiro atoms. The predicted molar refractivity (Wildman–Crippen MR) is 54.9 cm³/mol. The van der Waals surface area contributed by atoms with Crippen LogP contribution in [0.3, 0.4) is 0 Å². The van der Waals surface area contributed by atoms with Crippen LogP contribution in [-0.2, 0) is 20.7 Å². The molecule has 0 aromatic carbocycles. The molecule has 1 heterocycles. The predicted octanol–water partition coefficient (Wildman–Crippen LogP) is 0.925. The highest BCUT2D eigenvalue weighted by Crippen LogP contribution is 2.13. The fourth-order valence-corrected chi connectivity index (χ4v) is 1.11.